The van der Waals surface area contributed by atoms with Crippen molar-refractivity contribution in [3.63, 3.8) is 0 Å². The highest BCUT2D eigenvalue weighted by Crippen LogP contribution is 2.68. The molecule has 360 valence electrons. The summed E-state index contributed by atoms with van der Waals surface area (Å²) in [5.74, 6) is -4.21. The molecule has 3 aliphatic carbocycles. The van der Waals surface area contributed by atoms with Crippen LogP contribution < -0.4 is 16.2 Å². The average Bonchev–Trinajstić information content (AvgIpc) is 4.18. The Balaban J connectivity index is 0.000000172. The average molecular weight is 988 g/mol. The highest BCUT2D eigenvalue weighted by molar-refractivity contribution is 8.16. The molecular formula is C49H47F6N9O3S2. The Hall–Kier alpha value is -5.91. The predicted molar refractivity (Wildman–Crippen MR) is 254 cm³/mol. The van der Waals surface area contributed by atoms with Gasteiger partial charge in [0.05, 0.1) is 58.7 Å². The first-order valence-corrected chi connectivity index (χ1v) is 23.7. The fraction of sp³-hybridized carbons (Fsp3) is 0.408. The summed E-state index contributed by atoms with van der Waals surface area (Å²) in [7, 11) is 1.62. The number of hydrogen-bond acceptors (Lipinski definition) is 14. The van der Waals surface area contributed by atoms with Gasteiger partial charge in [0.15, 0.2) is 16.2 Å². The minimum atomic E-state index is -2.62. The second kappa shape index (κ2) is 18.1. The summed E-state index contributed by atoms with van der Waals surface area (Å²) in [6.07, 6.45) is 7.37. The van der Waals surface area contributed by atoms with E-state index in [4.69, 9.17) is 30.9 Å². The summed E-state index contributed by atoms with van der Waals surface area (Å²) in [6, 6.07) is 13.7. The molecule has 4 aromatic rings. The summed E-state index contributed by atoms with van der Waals surface area (Å²) in [4.78, 5) is 25.9. The molecule has 0 spiro atoms. The quantitative estimate of drug-likeness (QED) is 0.129. The second-order valence-corrected chi connectivity index (χ2v) is 21.4. The van der Waals surface area contributed by atoms with Crippen LogP contribution in [0.5, 0.6) is 5.88 Å². The molecule has 69 heavy (non-hydrogen) atoms. The largest absolute Gasteiger partial charge is 0.478 e. The Kier molecular flexibility index (Phi) is 12.6. The van der Waals surface area contributed by atoms with Crippen molar-refractivity contribution in [2.75, 3.05) is 26.9 Å². The van der Waals surface area contributed by atoms with E-state index in [0.29, 0.717) is 63.7 Å². The van der Waals surface area contributed by atoms with Gasteiger partial charge in [0.1, 0.15) is 40.6 Å². The lowest BCUT2D eigenvalue weighted by Crippen LogP contribution is -2.39. The molecule has 3 aliphatic heterocycles. The van der Waals surface area contributed by atoms with Gasteiger partial charge in [-0.1, -0.05) is 35.7 Å². The van der Waals surface area contributed by atoms with E-state index in [1.165, 1.54) is 90.7 Å². The molecule has 3 fully saturated rings. The number of aromatic nitrogens is 3. The van der Waals surface area contributed by atoms with E-state index in [2.05, 4.69) is 29.9 Å². The Labute approximate surface area is 402 Å². The number of rotatable bonds is 12. The van der Waals surface area contributed by atoms with Crippen LogP contribution in [0.15, 0.2) is 82.1 Å². The number of nitriles is 1. The highest BCUT2D eigenvalue weighted by atomic mass is 32.2. The van der Waals surface area contributed by atoms with E-state index < -0.39 is 45.0 Å². The van der Waals surface area contributed by atoms with E-state index in [0.717, 1.165) is 6.42 Å². The number of fused-ring (bicyclic) bond motifs is 2. The van der Waals surface area contributed by atoms with Gasteiger partial charge in [0, 0.05) is 55.0 Å². The van der Waals surface area contributed by atoms with Gasteiger partial charge >= 0.3 is 0 Å². The Morgan fingerprint density at radius 3 is 2.00 bits per heavy atom. The monoisotopic (exact) mass is 987 g/mol. The van der Waals surface area contributed by atoms with E-state index in [9.17, 15) is 22.0 Å². The smallest absolute Gasteiger partial charge is 0.248 e. The lowest BCUT2D eigenvalue weighted by Gasteiger charge is -2.34. The van der Waals surface area contributed by atoms with Crippen LogP contribution in [0, 0.1) is 40.7 Å². The van der Waals surface area contributed by atoms with Gasteiger partial charge in [-0.3, -0.25) is 15.0 Å². The van der Waals surface area contributed by atoms with Gasteiger partial charge in [0.25, 0.3) is 0 Å². The number of ether oxygens (including phenoxy) is 3. The van der Waals surface area contributed by atoms with Crippen LogP contribution in [0.2, 0.25) is 0 Å². The fourth-order valence-corrected chi connectivity index (χ4v) is 12.7. The molecule has 0 saturated heterocycles. The molecule has 6 aliphatic rings. The Morgan fingerprint density at radius 2 is 1.45 bits per heavy atom. The minimum absolute atomic E-state index is 0.0328. The number of benzene rings is 2. The van der Waals surface area contributed by atoms with Gasteiger partial charge in [-0.25, -0.2) is 41.3 Å². The molecule has 4 N–H and O–H groups in total. The third-order valence-corrected chi connectivity index (χ3v) is 16.0. The standard InChI is InChI=1S/C25H26F4N4O2S.C24H21F2N5OS/c1-23(20-9-24(20,13-34-2)36-22(30)33-23)16-5-14(3-4-17(16)26)6-18(27)19-10-32-21(11-31-19)35-12-15-7-25(28,29)8-15;1-13-12-32-21(30-13)24-9-20(24)23(2,31-22(28)33-24)16-7-14(3-5-17(16)25)8-18(26)19-6-4-15(10-27)11-29-19/h3-6,10-11,15,20H,7-9,12-13H2,1-2H3,(H2,30,33);3-8,11,13,20H,9,12H2,1-2H3,(H2,28,31)/b18-6-;18-8-/t20-,23+,24+;13?,20-,23+,24-/m00/s1. The molecule has 5 heterocycles. The molecule has 2 aromatic heterocycles. The molecule has 7 atom stereocenters. The summed E-state index contributed by atoms with van der Waals surface area (Å²) in [6.45, 7) is 6.80. The van der Waals surface area contributed by atoms with Crippen LogP contribution in [0.3, 0.4) is 0 Å². The minimum Gasteiger partial charge on any atom is -0.478 e. The van der Waals surface area contributed by atoms with E-state index in [1.807, 2.05) is 26.8 Å². The maximum absolute atomic E-state index is 15.1. The van der Waals surface area contributed by atoms with Gasteiger partial charge in [0.2, 0.25) is 17.7 Å². The SMILES string of the molecule is CC1COC([C@]23C[C@H]2[C@@](C)(c2cc(/C=C(\F)c4ccc(C#N)cn4)ccc2F)N=C(N)S3)=N1.COC[C@]12C[C@H]1[C@@](C)(c1cc(/C=C(\F)c3cnc(OCC4CC(F)(F)C4)cn3)ccc1F)N=C(N)S2. The number of halogens is 6. The van der Waals surface area contributed by atoms with Crippen molar-refractivity contribution >= 4 is 63.6 Å². The first-order valence-electron chi connectivity index (χ1n) is 22.1. The van der Waals surface area contributed by atoms with Gasteiger partial charge in [-0.15, -0.1) is 0 Å². The van der Waals surface area contributed by atoms with Crippen LogP contribution in [-0.4, -0.2) is 79.6 Å². The van der Waals surface area contributed by atoms with Crippen molar-refractivity contribution < 1.29 is 40.6 Å². The molecule has 10 rings (SSSR count). The molecule has 0 bridgehead atoms. The zero-order valence-electron chi connectivity index (χ0n) is 37.9. The normalized spacial score (nSPS) is 29.9. The molecule has 12 nitrogen and oxygen atoms in total. The molecule has 0 radical (unpaired) electrons. The number of aliphatic imine (C=N–C) groups is 3. The third-order valence-electron chi connectivity index (χ3n) is 13.4. The second-order valence-electron chi connectivity index (χ2n) is 18.6. The molecule has 3 saturated carbocycles. The van der Waals surface area contributed by atoms with Crippen LogP contribution in [0.4, 0.5) is 26.3 Å². The maximum atomic E-state index is 15.1. The number of thioether (sulfide) groups is 2. The first kappa shape index (κ1) is 48.1. The van der Waals surface area contributed by atoms with Crippen LogP contribution in [-0.2, 0) is 20.6 Å². The van der Waals surface area contributed by atoms with Gasteiger partial charge < -0.3 is 25.7 Å². The Bertz CT molecular complexity index is 2870. The number of pyridine rings is 1. The Morgan fingerprint density at radius 1 is 0.826 bits per heavy atom. The lowest BCUT2D eigenvalue weighted by molar-refractivity contribution is -0.119. The predicted octanol–water partition coefficient (Wildman–Crippen LogP) is 9.60. The van der Waals surface area contributed by atoms with Crippen LogP contribution >= 0.6 is 23.5 Å². The van der Waals surface area contributed by atoms with Gasteiger partial charge in [-0.2, -0.15) is 5.26 Å². The number of alkyl halides is 2. The first-order chi connectivity index (χ1) is 32.8. The zero-order chi connectivity index (χ0) is 49.1. The van der Waals surface area contributed by atoms with E-state index in [1.54, 1.807) is 19.2 Å². The van der Waals surface area contributed by atoms with E-state index >= 15 is 4.39 Å². The summed E-state index contributed by atoms with van der Waals surface area (Å²) in [5, 5.41) is 9.61. The van der Waals surface area contributed by atoms with Gasteiger partial charge in [-0.05, 0) is 93.3 Å². The maximum Gasteiger partial charge on any atom is 0.248 e. The van der Waals surface area contributed by atoms with Crippen molar-refractivity contribution in [2.45, 2.75) is 79.0 Å². The summed E-state index contributed by atoms with van der Waals surface area (Å²) < 4.78 is 102. The zero-order valence-corrected chi connectivity index (χ0v) is 39.5. The lowest BCUT2D eigenvalue weighted by atomic mass is 9.82. The number of nitrogens with two attached hydrogens (primary N) is 2. The van der Waals surface area contributed by atoms with E-state index in [-0.39, 0.29) is 65.3 Å². The number of nitrogens with zero attached hydrogens (tertiary/aromatic N) is 7. The number of hydrogen-bond donors (Lipinski definition) is 2. The van der Waals surface area contributed by atoms with Crippen molar-refractivity contribution in [1.29, 1.82) is 5.26 Å². The highest BCUT2D eigenvalue weighted by Gasteiger charge is 2.71. The molecule has 1 unspecified atom stereocenters. The molecular weight excluding hydrogens is 941 g/mol. The third kappa shape index (κ3) is 9.44. The van der Waals surface area contributed by atoms with Crippen molar-refractivity contribution in [2.24, 2.45) is 44.2 Å². The number of amidine groups is 2. The molecule has 0 amide bonds. The number of methoxy groups -OCH3 is 1. The topological polar surface area (TPSA) is 179 Å². The molecule has 2 aromatic carbocycles. The van der Waals surface area contributed by atoms with Crippen molar-refractivity contribution in [1.82, 2.24) is 15.0 Å². The fourth-order valence-electron chi connectivity index (χ4n) is 9.79. The van der Waals surface area contributed by atoms with Crippen LogP contribution in [0.1, 0.15) is 85.7 Å². The summed E-state index contributed by atoms with van der Waals surface area (Å²) in [5.41, 5.74) is 12.4. The molecule has 20 heteroatoms. The van der Waals surface area contributed by atoms with Crippen LogP contribution in [0.25, 0.3) is 23.8 Å². The van der Waals surface area contributed by atoms with Crippen molar-refractivity contribution in [3.8, 4) is 11.9 Å². The van der Waals surface area contributed by atoms with Crippen molar-refractivity contribution in [3.05, 3.63) is 118 Å². The summed E-state index contributed by atoms with van der Waals surface area (Å²) >= 11 is 2.89.